The van der Waals surface area contributed by atoms with Gasteiger partial charge < -0.3 is 15.4 Å². The van der Waals surface area contributed by atoms with E-state index in [1.807, 2.05) is 0 Å². The van der Waals surface area contributed by atoms with Gasteiger partial charge in [0.05, 0.1) is 12.2 Å². The van der Waals surface area contributed by atoms with Crippen LogP contribution in [0.15, 0.2) is 36.0 Å². The number of hydrogen-bond acceptors (Lipinski definition) is 3. The van der Waals surface area contributed by atoms with Crippen LogP contribution in [0.25, 0.3) is 0 Å². The van der Waals surface area contributed by atoms with Gasteiger partial charge in [-0.25, -0.2) is 9.59 Å². The van der Waals surface area contributed by atoms with Gasteiger partial charge in [0.1, 0.15) is 0 Å². The predicted octanol–water partition coefficient (Wildman–Crippen LogP) is 4.08. The summed E-state index contributed by atoms with van der Waals surface area (Å²) >= 11 is 0. The molecule has 0 saturated heterocycles. The Morgan fingerprint density at radius 3 is 2.48 bits per heavy atom. The molecule has 2 rings (SSSR count). The maximum atomic E-state index is 11.9. The second-order valence-corrected chi connectivity index (χ2v) is 5.77. The maximum absolute atomic E-state index is 11.9. The van der Waals surface area contributed by atoms with Crippen LogP contribution in [-0.2, 0) is 4.74 Å². The van der Waals surface area contributed by atoms with Gasteiger partial charge >= 0.3 is 12.0 Å². The minimum Gasteiger partial charge on any atom is -0.462 e. The summed E-state index contributed by atoms with van der Waals surface area (Å²) in [7, 11) is 0. The molecule has 1 aliphatic rings. The van der Waals surface area contributed by atoms with Gasteiger partial charge in [-0.05, 0) is 56.9 Å². The zero-order chi connectivity index (χ0) is 16.7. The molecule has 0 atom stereocenters. The van der Waals surface area contributed by atoms with Crippen molar-refractivity contribution in [2.24, 2.45) is 5.92 Å². The van der Waals surface area contributed by atoms with Crippen molar-refractivity contribution in [2.45, 2.75) is 39.5 Å². The Morgan fingerprint density at radius 1 is 1.22 bits per heavy atom. The average molecular weight is 316 g/mol. The Balaban J connectivity index is 1.85. The monoisotopic (exact) mass is 316 g/mol. The number of nitrogens with one attached hydrogen (secondary N) is 2. The zero-order valence-electron chi connectivity index (χ0n) is 13.7. The summed E-state index contributed by atoms with van der Waals surface area (Å²) in [5.74, 6) is 0.234. The van der Waals surface area contributed by atoms with Crippen LogP contribution in [0.5, 0.6) is 0 Å². The van der Waals surface area contributed by atoms with Crippen molar-refractivity contribution in [3.05, 3.63) is 41.6 Å². The minimum absolute atomic E-state index is 0.286. The molecule has 0 aromatic heterocycles. The third kappa shape index (κ3) is 5.13. The third-order valence-electron chi connectivity index (χ3n) is 4.08. The number of rotatable bonds is 5. The first-order chi connectivity index (χ1) is 11.1. The highest BCUT2D eigenvalue weighted by molar-refractivity contribution is 5.92. The predicted molar refractivity (Wildman–Crippen MR) is 90.3 cm³/mol. The van der Waals surface area contributed by atoms with Gasteiger partial charge in [-0.1, -0.05) is 18.4 Å². The van der Waals surface area contributed by atoms with Crippen molar-refractivity contribution in [3.63, 3.8) is 0 Å². The van der Waals surface area contributed by atoms with Crippen molar-refractivity contribution in [3.8, 4) is 0 Å². The van der Waals surface area contributed by atoms with Crippen molar-refractivity contribution in [1.29, 1.82) is 0 Å². The third-order valence-corrected chi connectivity index (χ3v) is 4.08. The zero-order valence-corrected chi connectivity index (χ0v) is 13.7. The Kier molecular flexibility index (Phi) is 6.20. The molecule has 124 valence electrons. The number of carbonyl (C=O) groups is 2. The molecule has 0 aliphatic heterocycles. The Bertz CT molecular complexity index is 572. The van der Waals surface area contributed by atoms with Crippen molar-refractivity contribution < 1.29 is 14.3 Å². The van der Waals surface area contributed by atoms with Gasteiger partial charge in [0.25, 0.3) is 0 Å². The van der Waals surface area contributed by atoms with E-state index in [1.54, 1.807) is 37.4 Å². The number of esters is 1. The summed E-state index contributed by atoms with van der Waals surface area (Å²) < 4.78 is 4.92. The summed E-state index contributed by atoms with van der Waals surface area (Å²) in [6.07, 6.45) is 6.75. The van der Waals surface area contributed by atoms with E-state index < -0.39 is 0 Å². The van der Waals surface area contributed by atoms with E-state index in [0.29, 0.717) is 23.8 Å². The number of ether oxygens (including phenoxy) is 1. The SMILES string of the molecule is CCOC(=O)c1ccc(NC(=O)N/C=C(\C)C2CCCC2)cc1. The van der Waals surface area contributed by atoms with E-state index in [9.17, 15) is 9.59 Å². The van der Waals surface area contributed by atoms with Crippen LogP contribution >= 0.6 is 0 Å². The molecule has 1 aliphatic carbocycles. The van der Waals surface area contributed by atoms with E-state index >= 15 is 0 Å². The summed E-state index contributed by atoms with van der Waals surface area (Å²) in [6, 6.07) is 6.34. The maximum Gasteiger partial charge on any atom is 0.338 e. The number of benzene rings is 1. The van der Waals surface area contributed by atoms with Crippen molar-refractivity contribution in [1.82, 2.24) is 5.32 Å². The molecule has 2 amide bonds. The Morgan fingerprint density at radius 2 is 1.87 bits per heavy atom. The van der Waals surface area contributed by atoms with Crippen LogP contribution in [0.3, 0.4) is 0 Å². The lowest BCUT2D eigenvalue weighted by Gasteiger charge is -2.10. The molecule has 2 N–H and O–H groups in total. The van der Waals surface area contributed by atoms with Crippen LogP contribution in [0.2, 0.25) is 0 Å². The normalized spacial score (nSPS) is 15.3. The molecule has 0 bridgehead atoms. The second kappa shape index (κ2) is 8.36. The quantitative estimate of drug-likeness (QED) is 0.804. The molecule has 1 aromatic rings. The minimum atomic E-state index is -0.362. The van der Waals surface area contributed by atoms with E-state index in [1.165, 1.54) is 31.3 Å². The van der Waals surface area contributed by atoms with Crippen LogP contribution in [0.1, 0.15) is 49.9 Å². The fraction of sp³-hybridized carbons (Fsp3) is 0.444. The van der Waals surface area contributed by atoms with Crippen molar-refractivity contribution >= 4 is 17.7 Å². The van der Waals surface area contributed by atoms with Gasteiger partial charge in [-0.2, -0.15) is 0 Å². The topological polar surface area (TPSA) is 67.4 Å². The van der Waals surface area contributed by atoms with Gasteiger partial charge in [0, 0.05) is 11.9 Å². The molecule has 0 heterocycles. The summed E-state index contributed by atoms with van der Waals surface area (Å²) in [5, 5.41) is 5.50. The van der Waals surface area contributed by atoms with E-state index in [2.05, 4.69) is 17.6 Å². The molecule has 0 radical (unpaired) electrons. The number of anilines is 1. The van der Waals surface area contributed by atoms with Crippen LogP contribution < -0.4 is 10.6 Å². The first kappa shape index (κ1) is 17.1. The number of urea groups is 1. The molecular weight excluding hydrogens is 292 g/mol. The van der Waals surface area contributed by atoms with Gasteiger partial charge in [-0.3, -0.25) is 0 Å². The Labute approximate surface area is 137 Å². The highest BCUT2D eigenvalue weighted by Crippen LogP contribution is 2.30. The molecule has 5 heteroatoms. The van der Waals surface area contributed by atoms with Crippen molar-refractivity contribution in [2.75, 3.05) is 11.9 Å². The Hall–Kier alpha value is -2.30. The standard InChI is InChI=1S/C18H24N2O3/c1-3-23-17(21)15-8-10-16(11-9-15)20-18(22)19-12-13(2)14-6-4-5-7-14/h8-12,14H,3-7H2,1-2H3,(H2,19,20,22)/b13-12+. The fourth-order valence-corrected chi connectivity index (χ4v) is 2.75. The summed E-state index contributed by atoms with van der Waals surface area (Å²) in [6.45, 7) is 4.16. The average Bonchev–Trinajstić information content (AvgIpc) is 3.08. The van der Waals surface area contributed by atoms with Crippen LogP contribution in [0.4, 0.5) is 10.5 Å². The van der Waals surface area contributed by atoms with Crippen LogP contribution in [0, 0.1) is 5.92 Å². The summed E-state index contributed by atoms with van der Waals surface area (Å²) in [5.41, 5.74) is 2.31. The lowest BCUT2D eigenvalue weighted by atomic mass is 10.0. The lowest BCUT2D eigenvalue weighted by molar-refractivity contribution is 0.0526. The smallest absolute Gasteiger partial charge is 0.338 e. The first-order valence-electron chi connectivity index (χ1n) is 8.11. The number of carbonyl (C=O) groups excluding carboxylic acids is 2. The van der Waals surface area contributed by atoms with Crippen LogP contribution in [-0.4, -0.2) is 18.6 Å². The van der Waals surface area contributed by atoms with E-state index in [-0.39, 0.29) is 12.0 Å². The van der Waals surface area contributed by atoms with E-state index in [4.69, 9.17) is 4.74 Å². The number of hydrogen-bond donors (Lipinski definition) is 2. The van der Waals surface area contributed by atoms with E-state index in [0.717, 1.165) is 0 Å². The number of amides is 2. The molecule has 1 fully saturated rings. The molecule has 0 spiro atoms. The van der Waals surface area contributed by atoms with Gasteiger partial charge in [0.15, 0.2) is 0 Å². The molecular formula is C18H24N2O3. The highest BCUT2D eigenvalue weighted by Gasteiger charge is 2.16. The summed E-state index contributed by atoms with van der Waals surface area (Å²) in [4.78, 5) is 23.4. The number of allylic oxidation sites excluding steroid dienone is 1. The second-order valence-electron chi connectivity index (χ2n) is 5.77. The molecule has 1 saturated carbocycles. The lowest BCUT2D eigenvalue weighted by Crippen LogP contribution is -2.24. The highest BCUT2D eigenvalue weighted by atomic mass is 16.5. The molecule has 1 aromatic carbocycles. The largest absolute Gasteiger partial charge is 0.462 e. The fourth-order valence-electron chi connectivity index (χ4n) is 2.75. The van der Waals surface area contributed by atoms with Gasteiger partial charge in [-0.15, -0.1) is 0 Å². The molecule has 23 heavy (non-hydrogen) atoms. The molecule has 0 unspecified atom stereocenters. The van der Waals surface area contributed by atoms with Gasteiger partial charge in [0.2, 0.25) is 0 Å². The first-order valence-corrected chi connectivity index (χ1v) is 8.11. The molecule has 5 nitrogen and oxygen atoms in total.